The van der Waals surface area contributed by atoms with Gasteiger partial charge in [-0.15, -0.1) is 0 Å². The summed E-state index contributed by atoms with van der Waals surface area (Å²) in [5.41, 5.74) is 3.45. The summed E-state index contributed by atoms with van der Waals surface area (Å²) in [6.45, 7) is 4.04. The topological polar surface area (TPSA) is 57.8 Å². The van der Waals surface area contributed by atoms with Crippen molar-refractivity contribution >= 4 is 11.7 Å². The number of aryl methyl sites for hydroxylation is 3. The van der Waals surface area contributed by atoms with Crippen molar-refractivity contribution in [1.29, 1.82) is 0 Å². The van der Waals surface area contributed by atoms with Gasteiger partial charge in [-0.3, -0.25) is 9.89 Å². The van der Waals surface area contributed by atoms with Gasteiger partial charge in [0, 0.05) is 12.0 Å². The summed E-state index contributed by atoms with van der Waals surface area (Å²) >= 11 is 0. The average Bonchev–Trinajstić information content (AvgIpc) is 2.82. The number of hydrogen-bond acceptors (Lipinski definition) is 2. The Bertz CT molecular complexity index is 543. The summed E-state index contributed by atoms with van der Waals surface area (Å²) in [5, 5.41) is 9.47. The molecule has 1 aromatic carbocycles. The largest absolute Gasteiger partial charge is 0.311 e. The van der Waals surface area contributed by atoms with Gasteiger partial charge in [-0.25, -0.2) is 0 Å². The van der Waals surface area contributed by atoms with Gasteiger partial charge in [0.25, 0.3) is 0 Å². The first-order valence-corrected chi connectivity index (χ1v) is 6.56. The molecule has 0 fully saturated rings. The minimum atomic E-state index is 0.00641. The number of anilines is 1. The molecular weight excluding hydrogens is 238 g/mol. The molecule has 0 atom stereocenters. The standard InChI is InChI=1S/C15H19N3O/c1-3-12-4-6-13(7-5-12)8-9-14(19)17-15-11(2)10-16-18-15/h4-7,10H,3,8-9H2,1-2H3,(H2,16,17,18,19). The molecular formula is C15H19N3O. The maximum atomic E-state index is 11.8. The lowest BCUT2D eigenvalue weighted by Crippen LogP contribution is -2.13. The molecule has 4 heteroatoms. The SMILES string of the molecule is CCc1ccc(CCC(=O)Nc2[nH]ncc2C)cc1. The smallest absolute Gasteiger partial charge is 0.225 e. The van der Waals surface area contributed by atoms with Crippen LogP contribution in [0.4, 0.5) is 5.82 Å². The second-order valence-corrected chi connectivity index (χ2v) is 4.65. The Morgan fingerprint density at radius 3 is 2.53 bits per heavy atom. The van der Waals surface area contributed by atoms with Gasteiger partial charge in [0.05, 0.1) is 6.20 Å². The summed E-state index contributed by atoms with van der Waals surface area (Å²) in [5.74, 6) is 0.693. The number of H-pyrrole nitrogens is 1. The normalized spacial score (nSPS) is 10.4. The number of aromatic amines is 1. The summed E-state index contributed by atoms with van der Waals surface area (Å²) in [4.78, 5) is 11.8. The van der Waals surface area contributed by atoms with Crippen LogP contribution < -0.4 is 5.32 Å². The predicted octanol–water partition coefficient (Wildman–Crippen LogP) is 2.85. The highest BCUT2D eigenvalue weighted by Gasteiger charge is 2.06. The monoisotopic (exact) mass is 257 g/mol. The van der Waals surface area contributed by atoms with Crippen molar-refractivity contribution in [2.75, 3.05) is 5.32 Å². The molecule has 1 amide bonds. The van der Waals surface area contributed by atoms with E-state index in [2.05, 4.69) is 46.7 Å². The molecule has 1 heterocycles. The molecule has 0 saturated carbocycles. The molecule has 0 aliphatic rings. The van der Waals surface area contributed by atoms with Crippen molar-refractivity contribution in [1.82, 2.24) is 10.2 Å². The number of rotatable bonds is 5. The van der Waals surface area contributed by atoms with Gasteiger partial charge >= 0.3 is 0 Å². The molecule has 0 bridgehead atoms. The van der Waals surface area contributed by atoms with E-state index in [0.29, 0.717) is 12.2 Å². The van der Waals surface area contributed by atoms with Crippen LogP contribution in [-0.2, 0) is 17.6 Å². The highest BCUT2D eigenvalue weighted by atomic mass is 16.1. The van der Waals surface area contributed by atoms with Crippen LogP contribution in [-0.4, -0.2) is 16.1 Å². The molecule has 4 nitrogen and oxygen atoms in total. The second-order valence-electron chi connectivity index (χ2n) is 4.65. The van der Waals surface area contributed by atoms with E-state index in [9.17, 15) is 4.79 Å². The number of aromatic nitrogens is 2. The quantitative estimate of drug-likeness (QED) is 0.865. The molecule has 0 spiro atoms. The first kappa shape index (κ1) is 13.3. The summed E-state index contributed by atoms with van der Waals surface area (Å²) in [6, 6.07) is 8.42. The molecule has 0 aliphatic heterocycles. The van der Waals surface area contributed by atoms with E-state index >= 15 is 0 Å². The van der Waals surface area contributed by atoms with Gasteiger partial charge in [-0.05, 0) is 30.9 Å². The zero-order valence-electron chi connectivity index (χ0n) is 11.4. The molecule has 1 aromatic heterocycles. The third kappa shape index (κ3) is 3.68. The van der Waals surface area contributed by atoms with E-state index in [1.54, 1.807) is 6.20 Å². The van der Waals surface area contributed by atoms with E-state index < -0.39 is 0 Å². The van der Waals surface area contributed by atoms with Crippen molar-refractivity contribution in [3.8, 4) is 0 Å². The van der Waals surface area contributed by atoms with E-state index in [4.69, 9.17) is 0 Å². The number of carbonyl (C=O) groups is 1. The van der Waals surface area contributed by atoms with Gasteiger partial charge in [-0.1, -0.05) is 31.2 Å². The Morgan fingerprint density at radius 1 is 1.26 bits per heavy atom. The Kier molecular flexibility index (Phi) is 4.34. The number of nitrogens with zero attached hydrogens (tertiary/aromatic N) is 1. The number of benzene rings is 1. The van der Waals surface area contributed by atoms with Crippen LogP contribution in [0.2, 0.25) is 0 Å². The first-order valence-electron chi connectivity index (χ1n) is 6.56. The van der Waals surface area contributed by atoms with Gasteiger partial charge in [0.1, 0.15) is 5.82 Å². The highest BCUT2D eigenvalue weighted by Crippen LogP contribution is 2.11. The third-order valence-electron chi connectivity index (χ3n) is 3.17. The Morgan fingerprint density at radius 2 is 1.95 bits per heavy atom. The van der Waals surface area contributed by atoms with E-state index in [1.165, 1.54) is 11.1 Å². The Hall–Kier alpha value is -2.10. The van der Waals surface area contributed by atoms with Crippen LogP contribution in [0.25, 0.3) is 0 Å². The predicted molar refractivity (Wildman–Crippen MR) is 76.1 cm³/mol. The molecule has 0 saturated heterocycles. The minimum Gasteiger partial charge on any atom is -0.311 e. The third-order valence-corrected chi connectivity index (χ3v) is 3.17. The zero-order chi connectivity index (χ0) is 13.7. The Labute approximate surface area is 113 Å². The fourth-order valence-corrected chi connectivity index (χ4v) is 1.87. The molecule has 0 unspecified atom stereocenters. The molecule has 100 valence electrons. The Balaban J connectivity index is 1.84. The minimum absolute atomic E-state index is 0.00641. The molecule has 0 radical (unpaired) electrons. The first-order chi connectivity index (χ1) is 9.19. The lowest BCUT2D eigenvalue weighted by Gasteiger charge is -2.05. The maximum absolute atomic E-state index is 11.8. The molecule has 2 N–H and O–H groups in total. The number of hydrogen-bond donors (Lipinski definition) is 2. The van der Waals surface area contributed by atoms with Crippen molar-refractivity contribution < 1.29 is 4.79 Å². The number of nitrogens with one attached hydrogen (secondary N) is 2. The van der Waals surface area contributed by atoms with E-state index in [0.717, 1.165) is 18.4 Å². The van der Waals surface area contributed by atoms with E-state index in [-0.39, 0.29) is 5.91 Å². The van der Waals surface area contributed by atoms with Crippen LogP contribution in [0.1, 0.15) is 30.0 Å². The lowest BCUT2D eigenvalue weighted by atomic mass is 10.1. The van der Waals surface area contributed by atoms with Crippen LogP contribution >= 0.6 is 0 Å². The van der Waals surface area contributed by atoms with Crippen LogP contribution in [0.3, 0.4) is 0 Å². The number of amides is 1. The van der Waals surface area contributed by atoms with Crippen LogP contribution in [0.15, 0.2) is 30.5 Å². The highest BCUT2D eigenvalue weighted by molar-refractivity contribution is 5.90. The number of carbonyl (C=O) groups excluding carboxylic acids is 1. The molecule has 2 rings (SSSR count). The van der Waals surface area contributed by atoms with Crippen molar-refractivity contribution in [2.24, 2.45) is 0 Å². The maximum Gasteiger partial charge on any atom is 0.225 e. The van der Waals surface area contributed by atoms with Gasteiger partial charge in [0.2, 0.25) is 5.91 Å². The fourth-order valence-electron chi connectivity index (χ4n) is 1.87. The summed E-state index contributed by atoms with van der Waals surface area (Å²) in [7, 11) is 0. The van der Waals surface area contributed by atoms with Crippen LogP contribution in [0, 0.1) is 6.92 Å². The average molecular weight is 257 g/mol. The van der Waals surface area contributed by atoms with E-state index in [1.807, 2.05) is 6.92 Å². The molecule has 19 heavy (non-hydrogen) atoms. The molecule has 0 aliphatic carbocycles. The fraction of sp³-hybridized carbons (Fsp3) is 0.333. The summed E-state index contributed by atoms with van der Waals surface area (Å²) < 4.78 is 0. The van der Waals surface area contributed by atoms with Crippen LogP contribution in [0.5, 0.6) is 0 Å². The summed E-state index contributed by atoms with van der Waals surface area (Å²) in [6.07, 6.45) is 3.96. The van der Waals surface area contributed by atoms with Gasteiger partial charge in [-0.2, -0.15) is 5.10 Å². The molecule has 2 aromatic rings. The second kappa shape index (κ2) is 6.18. The zero-order valence-corrected chi connectivity index (χ0v) is 11.4. The van der Waals surface area contributed by atoms with Crippen molar-refractivity contribution in [3.05, 3.63) is 47.2 Å². The van der Waals surface area contributed by atoms with Gasteiger partial charge < -0.3 is 5.32 Å². The van der Waals surface area contributed by atoms with Crippen molar-refractivity contribution in [2.45, 2.75) is 33.1 Å². The van der Waals surface area contributed by atoms with Crippen molar-refractivity contribution in [3.63, 3.8) is 0 Å². The van der Waals surface area contributed by atoms with Gasteiger partial charge in [0.15, 0.2) is 0 Å². The lowest BCUT2D eigenvalue weighted by molar-refractivity contribution is -0.116.